The van der Waals surface area contributed by atoms with E-state index in [2.05, 4.69) is 0 Å². The van der Waals surface area contributed by atoms with Crippen molar-refractivity contribution in [1.82, 2.24) is 0 Å². The molecule has 0 aliphatic carbocycles. The van der Waals surface area contributed by atoms with Gasteiger partial charge in [-0.1, -0.05) is 35.9 Å². The van der Waals surface area contributed by atoms with Crippen LogP contribution >= 0.6 is 23.4 Å². The van der Waals surface area contributed by atoms with E-state index in [1.807, 2.05) is 49.4 Å². The molecule has 0 spiro atoms. The van der Waals surface area contributed by atoms with Crippen molar-refractivity contribution >= 4 is 23.4 Å². The highest BCUT2D eigenvalue weighted by Gasteiger charge is 2.27. The Balaban J connectivity index is 1.70. The van der Waals surface area contributed by atoms with Gasteiger partial charge >= 0.3 is 0 Å². The molecule has 2 aromatic rings. The zero-order valence-corrected chi connectivity index (χ0v) is 13.3. The lowest BCUT2D eigenvalue weighted by Crippen LogP contribution is -2.37. The summed E-state index contributed by atoms with van der Waals surface area (Å²) < 4.78 is 5.92. The summed E-state index contributed by atoms with van der Waals surface area (Å²) in [5.41, 5.74) is 2.08. The highest BCUT2D eigenvalue weighted by molar-refractivity contribution is 7.99. The number of fused-ring (bicyclic) bond motifs is 1. The van der Waals surface area contributed by atoms with Crippen LogP contribution < -0.4 is 4.74 Å². The Morgan fingerprint density at radius 1 is 1.33 bits per heavy atom. The van der Waals surface area contributed by atoms with E-state index in [-0.39, 0.29) is 6.10 Å². The molecule has 2 atom stereocenters. The molecule has 21 heavy (non-hydrogen) atoms. The molecule has 0 bridgehead atoms. The van der Waals surface area contributed by atoms with Gasteiger partial charge in [-0.2, -0.15) is 0 Å². The number of hydrogen-bond donors (Lipinski definition) is 1. The number of halogens is 1. The van der Waals surface area contributed by atoms with Gasteiger partial charge in [0.1, 0.15) is 11.9 Å². The van der Waals surface area contributed by atoms with Gasteiger partial charge < -0.3 is 9.84 Å². The van der Waals surface area contributed by atoms with Crippen molar-refractivity contribution in [3.05, 3.63) is 58.6 Å². The van der Waals surface area contributed by atoms with Gasteiger partial charge in [0, 0.05) is 22.1 Å². The maximum Gasteiger partial charge on any atom is 0.134 e. The molecule has 2 unspecified atom stereocenters. The fraction of sp³-hybridized carbons (Fsp3) is 0.294. The van der Waals surface area contributed by atoms with E-state index in [1.165, 1.54) is 0 Å². The van der Waals surface area contributed by atoms with E-state index in [4.69, 9.17) is 16.3 Å². The van der Waals surface area contributed by atoms with Gasteiger partial charge in [-0.25, -0.2) is 0 Å². The molecule has 2 aromatic carbocycles. The number of para-hydroxylation sites is 1. The van der Waals surface area contributed by atoms with Gasteiger partial charge in [0.2, 0.25) is 0 Å². The first-order valence-corrected chi connectivity index (χ1v) is 8.31. The maximum absolute atomic E-state index is 10.4. The Labute approximate surface area is 134 Å². The van der Waals surface area contributed by atoms with Gasteiger partial charge in [-0.3, -0.25) is 0 Å². The molecule has 3 rings (SSSR count). The van der Waals surface area contributed by atoms with Crippen molar-refractivity contribution in [3.63, 3.8) is 0 Å². The van der Waals surface area contributed by atoms with E-state index in [1.54, 1.807) is 11.8 Å². The van der Waals surface area contributed by atoms with Crippen LogP contribution in [0.5, 0.6) is 5.75 Å². The summed E-state index contributed by atoms with van der Waals surface area (Å²) in [6.07, 6.45) is -0.264. The summed E-state index contributed by atoms with van der Waals surface area (Å²) in [4.78, 5) is 1.13. The Kier molecular flexibility index (Phi) is 4.43. The summed E-state index contributed by atoms with van der Waals surface area (Å²) in [7, 11) is 0. The molecule has 0 saturated carbocycles. The number of rotatable bonds is 3. The largest absolute Gasteiger partial charge is 0.486 e. The standard InChI is InChI=1S/C17H17ClO2S/c1-11-6-7-12(13(18)8-11)9-14(19)16-10-21-17-5-3-2-4-15(17)20-16/h2-8,14,16,19H,9-10H2,1H3. The van der Waals surface area contributed by atoms with Crippen LogP contribution in [0.25, 0.3) is 0 Å². The topological polar surface area (TPSA) is 29.5 Å². The van der Waals surface area contributed by atoms with Crippen molar-refractivity contribution < 1.29 is 9.84 Å². The average molecular weight is 321 g/mol. The van der Waals surface area contributed by atoms with E-state index in [0.717, 1.165) is 27.5 Å². The zero-order chi connectivity index (χ0) is 14.8. The quantitative estimate of drug-likeness (QED) is 0.923. The van der Waals surface area contributed by atoms with Crippen molar-refractivity contribution in [3.8, 4) is 5.75 Å². The minimum atomic E-state index is -0.564. The predicted octanol–water partition coefficient (Wildman–Crippen LogP) is 4.11. The summed E-state index contributed by atoms with van der Waals surface area (Å²) >= 11 is 7.96. The number of thioether (sulfide) groups is 1. The number of aryl methyl sites for hydroxylation is 1. The number of aliphatic hydroxyl groups is 1. The lowest BCUT2D eigenvalue weighted by atomic mass is 10.0. The van der Waals surface area contributed by atoms with Crippen LogP contribution in [0.4, 0.5) is 0 Å². The summed E-state index contributed by atoms with van der Waals surface area (Å²) in [6.45, 7) is 2.00. The van der Waals surface area contributed by atoms with Crippen LogP contribution in [0.1, 0.15) is 11.1 Å². The second kappa shape index (κ2) is 6.30. The Hall–Kier alpha value is -1.16. The Bertz CT molecular complexity index is 644. The minimum absolute atomic E-state index is 0.206. The fourth-order valence-electron chi connectivity index (χ4n) is 2.40. The minimum Gasteiger partial charge on any atom is -0.486 e. The van der Waals surface area contributed by atoms with E-state index >= 15 is 0 Å². The van der Waals surface area contributed by atoms with E-state index in [0.29, 0.717) is 11.4 Å². The van der Waals surface area contributed by atoms with Gasteiger partial charge in [-0.05, 0) is 36.2 Å². The van der Waals surface area contributed by atoms with E-state index in [9.17, 15) is 5.11 Å². The SMILES string of the molecule is Cc1ccc(CC(O)C2CSc3ccccc3O2)c(Cl)c1. The molecular weight excluding hydrogens is 304 g/mol. The molecule has 1 heterocycles. The van der Waals surface area contributed by atoms with Gasteiger partial charge in [0.05, 0.1) is 6.10 Å². The molecule has 1 aliphatic rings. The molecular formula is C17H17ClO2S. The third-order valence-corrected chi connectivity index (χ3v) is 5.09. The summed E-state index contributed by atoms with van der Waals surface area (Å²) in [6, 6.07) is 13.8. The van der Waals surface area contributed by atoms with Crippen molar-refractivity contribution in [2.45, 2.75) is 30.4 Å². The lowest BCUT2D eigenvalue weighted by molar-refractivity contribution is 0.0469. The lowest BCUT2D eigenvalue weighted by Gasteiger charge is -2.29. The van der Waals surface area contributed by atoms with Crippen LogP contribution in [0.2, 0.25) is 5.02 Å². The first kappa shape index (κ1) is 14.8. The number of aliphatic hydroxyl groups excluding tert-OH is 1. The number of hydrogen-bond acceptors (Lipinski definition) is 3. The van der Waals surface area contributed by atoms with Crippen LogP contribution in [0.15, 0.2) is 47.4 Å². The van der Waals surface area contributed by atoms with Crippen molar-refractivity contribution in [1.29, 1.82) is 0 Å². The third-order valence-electron chi connectivity index (χ3n) is 3.60. The Morgan fingerprint density at radius 2 is 2.14 bits per heavy atom. The molecule has 0 amide bonds. The second-order valence-electron chi connectivity index (χ2n) is 5.28. The molecule has 2 nitrogen and oxygen atoms in total. The second-order valence-corrected chi connectivity index (χ2v) is 6.75. The number of benzene rings is 2. The molecule has 1 aliphatic heterocycles. The molecule has 0 radical (unpaired) electrons. The van der Waals surface area contributed by atoms with Gasteiger partial charge in [0.15, 0.2) is 0 Å². The first-order valence-electron chi connectivity index (χ1n) is 6.95. The van der Waals surface area contributed by atoms with Crippen LogP contribution in [-0.4, -0.2) is 23.1 Å². The maximum atomic E-state index is 10.4. The number of ether oxygens (including phenoxy) is 1. The average Bonchev–Trinajstić information content (AvgIpc) is 2.49. The highest BCUT2D eigenvalue weighted by Crippen LogP contribution is 2.36. The summed E-state index contributed by atoms with van der Waals surface area (Å²) in [5.74, 6) is 1.61. The van der Waals surface area contributed by atoms with Crippen LogP contribution in [0, 0.1) is 6.92 Å². The fourth-order valence-corrected chi connectivity index (χ4v) is 3.78. The Morgan fingerprint density at radius 3 is 2.95 bits per heavy atom. The van der Waals surface area contributed by atoms with Gasteiger partial charge in [-0.15, -0.1) is 11.8 Å². The third kappa shape index (κ3) is 3.37. The molecule has 4 heteroatoms. The molecule has 0 aromatic heterocycles. The molecule has 110 valence electrons. The summed E-state index contributed by atoms with van der Waals surface area (Å²) in [5, 5.41) is 11.2. The monoisotopic (exact) mass is 320 g/mol. The van der Waals surface area contributed by atoms with Gasteiger partial charge in [0.25, 0.3) is 0 Å². The van der Waals surface area contributed by atoms with Crippen LogP contribution in [-0.2, 0) is 6.42 Å². The molecule has 1 N–H and O–H groups in total. The van der Waals surface area contributed by atoms with Crippen molar-refractivity contribution in [2.75, 3.05) is 5.75 Å². The smallest absolute Gasteiger partial charge is 0.134 e. The predicted molar refractivity (Wildman–Crippen MR) is 87.5 cm³/mol. The first-order chi connectivity index (χ1) is 10.1. The van der Waals surface area contributed by atoms with E-state index < -0.39 is 6.10 Å². The molecule has 0 saturated heterocycles. The zero-order valence-electron chi connectivity index (χ0n) is 11.8. The normalized spacial score (nSPS) is 18.7. The molecule has 0 fully saturated rings. The van der Waals surface area contributed by atoms with Crippen molar-refractivity contribution in [2.24, 2.45) is 0 Å². The van der Waals surface area contributed by atoms with Crippen LogP contribution in [0.3, 0.4) is 0 Å². The highest BCUT2D eigenvalue weighted by atomic mass is 35.5.